The summed E-state index contributed by atoms with van der Waals surface area (Å²) < 4.78 is 16.5. The van der Waals surface area contributed by atoms with Crippen molar-refractivity contribution < 1.29 is 18.8 Å². The van der Waals surface area contributed by atoms with E-state index in [9.17, 15) is 4.79 Å². The van der Waals surface area contributed by atoms with Crippen LogP contribution < -0.4 is 10.1 Å². The quantitative estimate of drug-likeness (QED) is 0.836. The van der Waals surface area contributed by atoms with Crippen molar-refractivity contribution in [3.8, 4) is 5.75 Å². The maximum Gasteiger partial charge on any atom is 0.273 e. The Bertz CT molecular complexity index is 703. The largest absolute Gasteiger partial charge is 0.489 e. The van der Waals surface area contributed by atoms with Crippen molar-refractivity contribution in [2.45, 2.75) is 45.8 Å². The predicted molar refractivity (Wildman–Crippen MR) is 92.7 cm³/mol. The minimum atomic E-state index is -0.257. The molecule has 134 valence electrons. The number of amides is 1. The molecule has 0 radical (unpaired) electrons. The minimum Gasteiger partial charge on any atom is -0.489 e. The summed E-state index contributed by atoms with van der Waals surface area (Å²) >= 11 is 0. The summed E-state index contributed by atoms with van der Waals surface area (Å²) in [6, 6.07) is 7.92. The van der Waals surface area contributed by atoms with E-state index in [1.165, 1.54) is 5.56 Å². The average molecular weight is 344 g/mol. The molecule has 1 aromatic carbocycles. The smallest absolute Gasteiger partial charge is 0.273 e. The Morgan fingerprint density at radius 2 is 2.16 bits per heavy atom. The fraction of sp³-hybridized carbons (Fsp3) is 0.474. The van der Waals surface area contributed by atoms with Gasteiger partial charge in [0, 0.05) is 13.2 Å². The summed E-state index contributed by atoms with van der Waals surface area (Å²) in [5.41, 5.74) is 2.20. The van der Waals surface area contributed by atoms with E-state index in [4.69, 9.17) is 14.0 Å². The van der Waals surface area contributed by atoms with Gasteiger partial charge >= 0.3 is 0 Å². The molecule has 0 aliphatic carbocycles. The molecule has 6 nitrogen and oxygen atoms in total. The first-order valence-corrected chi connectivity index (χ1v) is 8.74. The Hall–Kier alpha value is -2.34. The van der Waals surface area contributed by atoms with Crippen molar-refractivity contribution >= 4 is 5.91 Å². The van der Waals surface area contributed by atoms with Gasteiger partial charge in [-0.25, -0.2) is 0 Å². The van der Waals surface area contributed by atoms with Gasteiger partial charge in [0.1, 0.15) is 18.1 Å². The average Bonchev–Trinajstić information content (AvgIpc) is 3.28. The van der Waals surface area contributed by atoms with Gasteiger partial charge in [-0.15, -0.1) is 0 Å². The zero-order valence-electron chi connectivity index (χ0n) is 14.7. The molecular formula is C19H24N2O4. The zero-order chi connectivity index (χ0) is 17.6. The van der Waals surface area contributed by atoms with Crippen LogP contribution in [0.3, 0.4) is 0 Å². The summed E-state index contributed by atoms with van der Waals surface area (Å²) in [5.74, 6) is 1.09. The van der Waals surface area contributed by atoms with Crippen LogP contribution in [0.2, 0.25) is 0 Å². The van der Waals surface area contributed by atoms with Crippen molar-refractivity contribution in [1.82, 2.24) is 10.5 Å². The molecular weight excluding hydrogens is 320 g/mol. The SMILES string of the molecule is CCc1ccc(OCc2c(C(=O)NCC3CCCO3)noc2C)cc1. The van der Waals surface area contributed by atoms with Crippen LogP contribution in [0.25, 0.3) is 0 Å². The van der Waals surface area contributed by atoms with Crippen LogP contribution in [-0.4, -0.2) is 30.3 Å². The van der Waals surface area contributed by atoms with Crippen molar-refractivity contribution in [1.29, 1.82) is 0 Å². The molecule has 0 bridgehead atoms. The lowest BCUT2D eigenvalue weighted by Crippen LogP contribution is -2.32. The van der Waals surface area contributed by atoms with Crippen molar-refractivity contribution in [2.24, 2.45) is 0 Å². The molecule has 3 rings (SSSR count). The molecule has 1 unspecified atom stereocenters. The fourth-order valence-corrected chi connectivity index (χ4v) is 2.81. The highest BCUT2D eigenvalue weighted by Crippen LogP contribution is 2.19. The summed E-state index contributed by atoms with van der Waals surface area (Å²) in [6.45, 7) is 5.38. The van der Waals surface area contributed by atoms with E-state index < -0.39 is 0 Å². The van der Waals surface area contributed by atoms with Gasteiger partial charge in [0.25, 0.3) is 5.91 Å². The van der Waals surface area contributed by atoms with Crippen LogP contribution in [0.5, 0.6) is 5.75 Å². The number of carbonyl (C=O) groups excluding carboxylic acids is 1. The third-order valence-electron chi connectivity index (χ3n) is 4.43. The highest BCUT2D eigenvalue weighted by molar-refractivity contribution is 5.93. The second kappa shape index (κ2) is 8.16. The number of nitrogens with one attached hydrogen (secondary N) is 1. The maximum absolute atomic E-state index is 12.4. The van der Waals surface area contributed by atoms with Crippen LogP contribution in [-0.2, 0) is 17.8 Å². The monoisotopic (exact) mass is 344 g/mol. The third-order valence-corrected chi connectivity index (χ3v) is 4.43. The van der Waals surface area contributed by atoms with E-state index in [1.54, 1.807) is 6.92 Å². The molecule has 25 heavy (non-hydrogen) atoms. The Balaban J connectivity index is 1.60. The lowest BCUT2D eigenvalue weighted by Gasteiger charge is -2.11. The van der Waals surface area contributed by atoms with Gasteiger partial charge < -0.3 is 19.3 Å². The normalized spacial score (nSPS) is 16.8. The Labute approximate surface area is 147 Å². The number of benzene rings is 1. The molecule has 1 fully saturated rings. The topological polar surface area (TPSA) is 73.6 Å². The Morgan fingerprint density at radius 3 is 2.84 bits per heavy atom. The molecule has 1 N–H and O–H groups in total. The van der Waals surface area contributed by atoms with Crippen molar-refractivity contribution in [3.63, 3.8) is 0 Å². The number of aromatic nitrogens is 1. The van der Waals surface area contributed by atoms with Gasteiger partial charge in [-0.2, -0.15) is 0 Å². The van der Waals surface area contributed by atoms with Crippen molar-refractivity contribution in [3.05, 3.63) is 46.8 Å². The predicted octanol–water partition coefficient (Wildman–Crippen LogP) is 3.03. The molecule has 1 aromatic heterocycles. The number of rotatable bonds is 7. The van der Waals surface area contributed by atoms with E-state index >= 15 is 0 Å². The van der Waals surface area contributed by atoms with Gasteiger partial charge in [0.15, 0.2) is 5.69 Å². The summed E-state index contributed by atoms with van der Waals surface area (Å²) in [7, 11) is 0. The summed E-state index contributed by atoms with van der Waals surface area (Å²) in [6.07, 6.45) is 3.09. The first-order valence-electron chi connectivity index (χ1n) is 8.74. The number of aryl methyl sites for hydroxylation is 2. The van der Waals surface area contributed by atoms with Gasteiger partial charge in [0.05, 0.1) is 11.7 Å². The molecule has 1 saturated heterocycles. The first-order chi connectivity index (χ1) is 12.2. The van der Waals surface area contributed by atoms with Gasteiger partial charge in [-0.3, -0.25) is 4.79 Å². The Morgan fingerprint density at radius 1 is 1.36 bits per heavy atom. The second-order valence-corrected chi connectivity index (χ2v) is 6.20. The van der Waals surface area contributed by atoms with Crippen LogP contribution in [0.1, 0.15) is 47.1 Å². The number of hydrogen-bond donors (Lipinski definition) is 1. The minimum absolute atomic E-state index is 0.0914. The van der Waals surface area contributed by atoms with E-state index in [0.29, 0.717) is 17.9 Å². The van der Waals surface area contributed by atoms with Crippen LogP contribution in [0.4, 0.5) is 0 Å². The maximum atomic E-state index is 12.4. The lowest BCUT2D eigenvalue weighted by molar-refractivity contribution is 0.0848. The van der Waals surface area contributed by atoms with Gasteiger partial charge in [-0.05, 0) is 43.9 Å². The number of carbonyl (C=O) groups is 1. The van der Waals surface area contributed by atoms with E-state index in [2.05, 4.69) is 17.4 Å². The van der Waals surface area contributed by atoms with Gasteiger partial charge in [0.2, 0.25) is 0 Å². The molecule has 0 spiro atoms. The number of nitrogens with zero attached hydrogens (tertiary/aromatic N) is 1. The fourth-order valence-electron chi connectivity index (χ4n) is 2.81. The molecule has 0 saturated carbocycles. The zero-order valence-corrected chi connectivity index (χ0v) is 14.7. The van der Waals surface area contributed by atoms with E-state index in [1.807, 2.05) is 24.3 Å². The molecule has 6 heteroatoms. The van der Waals surface area contributed by atoms with E-state index in [0.717, 1.165) is 31.6 Å². The summed E-state index contributed by atoms with van der Waals surface area (Å²) in [5, 5.41) is 6.76. The van der Waals surface area contributed by atoms with E-state index in [-0.39, 0.29) is 24.3 Å². The molecule has 2 aromatic rings. The molecule has 1 aliphatic rings. The molecule has 1 aliphatic heterocycles. The molecule has 1 amide bonds. The summed E-state index contributed by atoms with van der Waals surface area (Å²) in [4.78, 5) is 12.4. The molecule has 1 atom stereocenters. The van der Waals surface area contributed by atoms with Gasteiger partial charge in [-0.1, -0.05) is 24.2 Å². The standard InChI is InChI=1S/C19H24N2O4/c1-3-14-6-8-15(9-7-14)24-12-17-13(2)25-21-18(17)19(22)20-11-16-5-4-10-23-16/h6-9,16H,3-5,10-12H2,1-2H3,(H,20,22). The highest BCUT2D eigenvalue weighted by Gasteiger charge is 2.22. The van der Waals surface area contributed by atoms with Crippen molar-refractivity contribution in [2.75, 3.05) is 13.2 Å². The number of hydrogen-bond acceptors (Lipinski definition) is 5. The first kappa shape index (κ1) is 17.5. The van der Waals surface area contributed by atoms with Crippen LogP contribution >= 0.6 is 0 Å². The second-order valence-electron chi connectivity index (χ2n) is 6.20. The third kappa shape index (κ3) is 4.39. The molecule has 2 heterocycles. The Kier molecular flexibility index (Phi) is 5.71. The lowest BCUT2D eigenvalue weighted by atomic mass is 10.1. The van der Waals surface area contributed by atoms with Crippen LogP contribution in [0, 0.1) is 6.92 Å². The highest BCUT2D eigenvalue weighted by atomic mass is 16.5. The number of ether oxygens (including phenoxy) is 2. The van der Waals surface area contributed by atoms with Crippen LogP contribution in [0.15, 0.2) is 28.8 Å².